The zero-order chi connectivity index (χ0) is 11.5. The SMILES string of the molecule is CCSc1ccc(C(C)(C)C)cc1OC. The van der Waals surface area contributed by atoms with E-state index in [-0.39, 0.29) is 5.41 Å². The van der Waals surface area contributed by atoms with E-state index in [2.05, 4.69) is 45.9 Å². The molecule has 0 spiro atoms. The lowest BCUT2D eigenvalue weighted by molar-refractivity contribution is 0.402. The molecule has 0 saturated carbocycles. The van der Waals surface area contributed by atoms with Crippen molar-refractivity contribution in [3.63, 3.8) is 0 Å². The lowest BCUT2D eigenvalue weighted by atomic mass is 9.87. The van der Waals surface area contributed by atoms with E-state index in [1.165, 1.54) is 10.5 Å². The van der Waals surface area contributed by atoms with Crippen LogP contribution in [0, 0.1) is 0 Å². The van der Waals surface area contributed by atoms with E-state index < -0.39 is 0 Å². The van der Waals surface area contributed by atoms with Crippen molar-refractivity contribution in [2.45, 2.75) is 38.0 Å². The minimum absolute atomic E-state index is 0.183. The van der Waals surface area contributed by atoms with E-state index in [0.717, 1.165) is 11.5 Å². The normalized spacial score (nSPS) is 11.5. The molecule has 0 aliphatic rings. The second-order valence-electron chi connectivity index (χ2n) is 4.55. The van der Waals surface area contributed by atoms with Crippen LogP contribution in [-0.2, 0) is 5.41 Å². The van der Waals surface area contributed by atoms with Gasteiger partial charge in [0.05, 0.1) is 7.11 Å². The van der Waals surface area contributed by atoms with Crippen molar-refractivity contribution in [3.8, 4) is 5.75 Å². The van der Waals surface area contributed by atoms with Crippen LogP contribution in [0.2, 0.25) is 0 Å². The predicted octanol–water partition coefficient (Wildman–Crippen LogP) is 4.10. The zero-order valence-electron chi connectivity index (χ0n) is 10.3. The third kappa shape index (κ3) is 3.16. The highest BCUT2D eigenvalue weighted by molar-refractivity contribution is 7.99. The highest BCUT2D eigenvalue weighted by atomic mass is 32.2. The van der Waals surface area contributed by atoms with E-state index in [1.54, 1.807) is 7.11 Å². The predicted molar refractivity (Wildman–Crippen MR) is 68.1 cm³/mol. The minimum atomic E-state index is 0.183. The van der Waals surface area contributed by atoms with E-state index in [4.69, 9.17) is 4.74 Å². The molecule has 15 heavy (non-hydrogen) atoms. The molecule has 0 heterocycles. The molecule has 1 nitrogen and oxygen atoms in total. The maximum atomic E-state index is 5.41. The quantitative estimate of drug-likeness (QED) is 0.715. The lowest BCUT2D eigenvalue weighted by Crippen LogP contribution is -2.11. The van der Waals surface area contributed by atoms with Crippen LogP contribution in [0.4, 0.5) is 0 Å². The Morgan fingerprint density at radius 3 is 2.40 bits per heavy atom. The molecule has 0 radical (unpaired) electrons. The zero-order valence-corrected chi connectivity index (χ0v) is 11.1. The number of ether oxygens (including phenoxy) is 1. The molecule has 0 aliphatic carbocycles. The summed E-state index contributed by atoms with van der Waals surface area (Å²) >= 11 is 1.82. The molecule has 0 bridgehead atoms. The van der Waals surface area contributed by atoms with Gasteiger partial charge in [0, 0.05) is 4.90 Å². The summed E-state index contributed by atoms with van der Waals surface area (Å²) in [5.41, 5.74) is 1.50. The number of methoxy groups -OCH3 is 1. The van der Waals surface area contributed by atoms with Gasteiger partial charge in [0.15, 0.2) is 0 Å². The number of hydrogen-bond donors (Lipinski definition) is 0. The summed E-state index contributed by atoms with van der Waals surface area (Å²) in [4.78, 5) is 1.23. The molecular weight excluding hydrogens is 204 g/mol. The summed E-state index contributed by atoms with van der Waals surface area (Å²) < 4.78 is 5.41. The van der Waals surface area contributed by atoms with Gasteiger partial charge in [-0.25, -0.2) is 0 Å². The van der Waals surface area contributed by atoms with E-state index in [9.17, 15) is 0 Å². The average Bonchev–Trinajstić information content (AvgIpc) is 2.17. The summed E-state index contributed by atoms with van der Waals surface area (Å²) in [7, 11) is 1.74. The summed E-state index contributed by atoms with van der Waals surface area (Å²) in [5.74, 6) is 2.07. The van der Waals surface area contributed by atoms with Crippen molar-refractivity contribution in [2.75, 3.05) is 12.9 Å². The standard InChI is InChI=1S/C13H20OS/c1-6-15-12-8-7-10(13(2,3)4)9-11(12)14-5/h7-9H,6H2,1-5H3. The van der Waals surface area contributed by atoms with Crippen molar-refractivity contribution in [1.82, 2.24) is 0 Å². The smallest absolute Gasteiger partial charge is 0.132 e. The molecule has 0 amide bonds. The fourth-order valence-corrected chi connectivity index (χ4v) is 2.17. The van der Waals surface area contributed by atoms with Gasteiger partial charge in [-0.15, -0.1) is 11.8 Å². The molecule has 0 N–H and O–H groups in total. The summed E-state index contributed by atoms with van der Waals surface area (Å²) in [6.07, 6.45) is 0. The number of benzene rings is 1. The van der Waals surface area contributed by atoms with Gasteiger partial charge in [-0.3, -0.25) is 0 Å². The minimum Gasteiger partial charge on any atom is -0.496 e. The first-order valence-corrected chi connectivity index (χ1v) is 6.29. The molecule has 0 aliphatic heterocycles. The largest absolute Gasteiger partial charge is 0.496 e. The second kappa shape index (κ2) is 4.93. The molecule has 0 unspecified atom stereocenters. The number of hydrogen-bond acceptors (Lipinski definition) is 2. The van der Waals surface area contributed by atoms with Crippen LogP contribution in [-0.4, -0.2) is 12.9 Å². The first-order valence-electron chi connectivity index (χ1n) is 5.30. The van der Waals surface area contributed by atoms with Gasteiger partial charge < -0.3 is 4.74 Å². The molecule has 0 fully saturated rings. The van der Waals surface area contributed by atoms with Crippen LogP contribution in [0.1, 0.15) is 33.3 Å². The lowest BCUT2D eigenvalue weighted by Gasteiger charge is -2.20. The topological polar surface area (TPSA) is 9.23 Å². The molecule has 1 rings (SSSR count). The Morgan fingerprint density at radius 2 is 1.93 bits per heavy atom. The molecule has 0 atom stereocenters. The maximum Gasteiger partial charge on any atom is 0.132 e. The Hall–Kier alpha value is -0.630. The van der Waals surface area contributed by atoms with Crippen LogP contribution in [0.3, 0.4) is 0 Å². The molecule has 84 valence electrons. The van der Waals surface area contributed by atoms with Crippen molar-refractivity contribution in [3.05, 3.63) is 23.8 Å². The van der Waals surface area contributed by atoms with Gasteiger partial charge in [0.25, 0.3) is 0 Å². The maximum absolute atomic E-state index is 5.41. The first-order chi connectivity index (χ1) is 6.99. The molecular formula is C13H20OS. The summed E-state index contributed by atoms with van der Waals surface area (Å²) in [6, 6.07) is 6.51. The fourth-order valence-electron chi connectivity index (χ4n) is 1.41. The van der Waals surface area contributed by atoms with Gasteiger partial charge >= 0.3 is 0 Å². The van der Waals surface area contributed by atoms with Crippen LogP contribution < -0.4 is 4.74 Å². The van der Waals surface area contributed by atoms with Crippen molar-refractivity contribution < 1.29 is 4.74 Å². The molecule has 2 heteroatoms. The van der Waals surface area contributed by atoms with Crippen LogP contribution in [0.15, 0.2) is 23.1 Å². The number of thioether (sulfide) groups is 1. The Kier molecular flexibility index (Phi) is 4.09. The van der Waals surface area contributed by atoms with Gasteiger partial charge in [0.2, 0.25) is 0 Å². The van der Waals surface area contributed by atoms with E-state index in [1.807, 2.05) is 11.8 Å². The Bertz CT molecular complexity index is 326. The van der Waals surface area contributed by atoms with Gasteiger partial charge in [-0.05, 0) is 28.9 Å². The molecule has 1 aromatic rings. The van der Waals surface area contributed by atoms with Crippen LogP contribution in [0.25, 0.3) is 0 Å². The number of rotatable bonds is 3. The Labute approximate surface area is 97.2 Å². The fraction of sp³-hybridized carbons (Fsp3) is 0.538. The summed E-state index contributed by atoms with van der Waals surface area (Å²) in [6.45, 7) is 8.80. The Balaban J connectivity index is 3.08. The van der Waals surface area contributed by atoms with Crippen molar-refractivity contribution in [1.29, 1.82) is 0 Å². The van der Waals surface area contributed by atoms with E-state index in [0.29, 0.717) is 0 Å². The highest BCUT2D eigenvalue weighted by Crippen LogP contribution is 2.33. The van der Waals surface area contributed by atoms with Crippen LogP contribution >= 0.6 is 11.8 Å². The second-order valence-corrected chi connectivity index (χ2v) is 5.85. The van der Waals surface area contributed by atoms with Crippen molar-refractivity contribution >= 4 is 11.8 Å². The van der Waals surface area contributed by atoms with Crippen molar-refractivity contribution in [2.24, 2.45) is 0 Å². The third-order valence-electron chi connectivity index (χ3n) is 2.33. The first kappa shape index (κ1) is 12.4. The summed E-state index contributed by atoms with van der Waals surface area (Å²) in [5, 5.41) is 0. The average molecular weight is 224 g/mol. The Morgan fingerprint density at radius 1 is 1.27 bits per heavy atom. The van der Waals surface area contributed by atoms with E-state index >= 15 is 0 Å². The molecule has 0 saturated heterocycles. The van der Waals surface area contributed by atoms with Gasteiger partial charge in [-0.2, -0.15) is 0 Å². The van der Waals surface area contributed by atoms with Gasteiger partial charge in [0.1, 0.15) is 5.75 Å². The molecule has 1 aromatic carbocycles. The highest BCUT2D eigenvalue weighted by Gasteiger charge is 2.15. The van der Waals surface area contributed by atoms with Gasteiger partial charge in [-0.1, -0.05) is 33.8 Å². The molecule has 0 aromatic heterocycles. The van der Waals surface area contributed by atoms with Crippen LogP contribution in [0.5, 0.6) is 5.75 Å². The third-order valence-corrected chi connectivity index (χ3v) is 3.27. The monoisotopic (exact) mass is 224 g/mol.